The Morgan fingerprint density at radius 1 is 0.591 bits per heavy atom. The van der Waals surface area contributed by atoms with Crippen LogP contribution in [0.1, 0.15) is 11.1 Å². The fraction of sp³-hybridized carbons (Fsp3) is 0.250. The second-order valence-electron chi connectivity index (χ2n) is 5.56. The molecule has 0 amide bonds. The van der Waals surface area contributed by atoms with Crippen molar-refractivity contribution in [1.29, 1.82) is 0 Å². The van der Waals surface area contributed by atoms with Crippen molar-refractivity contribution in [2.45, 2.75) is 25.5 Å². The average Bonchev–Trinajstić information content (AvgIpc) is 2.50. The molecule has 0 saturated heterocycles. The Hall–Kier alpha value is -2.23. The third-order valence-corrected chi connectivity index (χ3v) is 3.76. The number of aromatic hydroxyl groups is 4. The van der Waals surface area contributed by atoms with Gasteiger partial charge in [-0.15, -0.1) is 0 Å². The van der Waals surface area contributed by atoms with Crippen LogP contribution in [0.2, 0.25) is 12.6 Å². The van der Waals surface area contributed by atoms with Crippen LogP contribution in [0.15, 0.2) is 36.4 Å². The first-order valence-electron chi connectivity index (χ1n) is 7.58. The fourth-order valence-corrected chi connectivity index (χ4v) is 2.46. The molecule has 2 aromatic rings. The first-order chi connectivity index (χ1) is 10.6. The molecule has 2 aromatic carbocycles. The van der Waals surface area contributed by atoms with Crippen LogP contribution in [0.3, 0.4) is 0 Å². The van der Waals surface area contributed by atoms with Gasteiger partial charge in [-0.1, -0.05) is 24.8 Å². The van der Waals surface area contributed by atoms with Crippen LogP contribution in [0.4, 0.5) is 0 Å². The third-order valence-electron chi connectivity index (χ3n) is 3.76. The molecule has 0 fully saturated rings. The van der Waals surface area contributed by atoms with E-state index in [0.717, 1.165) is 50.9 Å². The first kappa shape index (κ1) is 16.1. The van der Waals surface area contributed by atoms with Crippen molar-refractivity contribution in [3.8, 4) is 23.0 Å². The van der Waals surface area contributed by atoms with Crippen molar-refractivity contribution in [1.82, 2.24) is 0 Å². The lowest BCUT2D eigenvalue weighted by Gasteiger charge is -2.04. The van der Waals surface area contributed by atoms with Gasteiger partial charge in [-0.3, -0.25) is 0 Å². The minimum absolute atomic E-state index is 0.0652. The van der Waals surface area contributed by atoms with E-state index in [1.807, 2.05) is 12.1 Å². The Morgan fingerprint density at radius 2 is 1.00 bits per heavy atom. The predicted molar refractivity (Wildman–Crippen MR) is 90.9 cm³/mol. The quantitative estimate of drug-likeness (QED) is 0.358. The molecule has 4 N–H and O–H groups in total. The molecule has 0 aromatic heterocycles. The smallest absolute Gasteiger partial charge is 0.157 e. The van der Waals surface area contributed by atoms with Gasteiger partial charge in [-0.2, -0.15) is 0 Å². The minimum atomic E-state index is -0.0825. The molecule has 0 unspecified atom stereocenters. The van der Waals surface area contributed by atoms with Crippen LogP contribution >= 0.6 is 0 Å². The number of aryl methyl sites for hydroxylation is 2. The van der Waals surface area contributed by atoms with Gasteiger partial charge in [0.15, 0.2) is 23.0 Å². The zero-order valence-electron chi connectivity index (χ0n) is 12.5. The molecule has 6 heteroatoms. The SMILES string of the molecule is Oc1ccc(CCBBCCc2ccc(O)c(O)c2)cc1O. The van der Waals surface area contributed by atoms with Gasteiger partial charge in [0.05, 0.1) is 14.3 Å². The van der Waals surface area contributed by atoms with Crippen LogP contribution in [0, 0.1) is 0 Å². The van der Waals surface area contributed by atoms with Gasteiger partial charge in [0, 0.05) is 0 Å². The van der Waals surface area contributed by atoms with E-state index in [4.69, 9.17) is 0 Å². The molecule has 0 aliphatic heterocycles. The lowest BCUT2D eigenvalue weighted by molar-refractivity contribution is 0.403. The van der Waals surface area contributed by atoms with E-state index in [-0.39, 0.29) is 23.0 Å². The summed E-state index contributed by atoms with van der Waals surface area (Å²) in [4.78, 5) is 0. The number of hydrogen-bond acceptors (Lipinski definition) is 4. The lowest BCUT2D eigenvalue weighted by atomic mass is 9.36. The minimum Gasteiger partial charge on any atom is -0.504 e. The Labute approximate surface area is 131 Å². The van der Waals surface area contributed by atoms with E-state index in [9.17, 15) is 20.4 Å². The maximum atomic E-state index is 9.42. The summed E-state index contributed by atoms with van der Waals surface area (Å²) in [6.07, 6.45) is 3.83. The number of rotatable bonds is 7. The molecular formula is C16H20B2O4. The van der Waals surface area contributed by atoms with Crippen molar-refractivity contribution in [2.24, 2.45) is 0 Å². The summed E-state index contributed by atoms with van der Waals surface area (Å²) < 4.78 is 0. The summed E-state index contributed by atoms with van der Waals surface area (Å²) in [5.74, 6) is -0.295. The molecule has 4 nitrogen and oxygen atoms in total. The van der Waals surface area contributed by atoms with E-state index < -0.39 is 0 Å². The zero-order chi connectivity index (χ0) is 15.9. The second-order valence-corrected chi connectivity index (χ2v) is 5.56. The first-order valence-corrected chi connectivity index (χ1v) is 7.58. The van der Waals surface area contributed by atoms with Crippen LogP contribution < -0.4 is 0 Å². The highest BCUT2D eigenvalue weighted by atomic mass is 16.3. The molecule has 0 radical (unpaired) electrons. The fourth-order valence-electron chi connectivity index (χ4n) is 2.46. The molecule has 22 heavy (non-hydrogen) atoms. The van der Waals surface area contributed by atoms with Crippen LogP contribution in [-0.2, 0) is 12.8 Å². The molecule has 0 bridgehead atoms. The van der Waals surface area contributed by atoms with Crippen molar-refractivity contribution in [3.63, 3.8) is 0 Å². The van der Waals surface area contributed by atoms with E-state index in [1.54, 1.807) is 12.1 Å². The molecule has 0 aliphatic carbocycles. The van der Waals surface area contributed by atoms with Crippen LogP contribution in [0.5, 0.6) is 23.0 Å². The van der Waals surface area contributed by atoms with E-state index >= 15 is 0 Å². The molecule has 0 saturated carbocycles. The topological polar surface area (TPSA) is 80.9 Å². The molecular weight excluding hydrogens is 278 g/mol. The van der Waals surface area contributed by atoms with Crippen molar-refractivity contribution >= 4 is 14.3 Å². The molecule has 0 aliphatic rings. The predicted octanol–water partition coefficient (Wildman–Crippen LogP) is 1.92. The van der Waals surface area contributed by atoms with E-state index in [2.05, 4.69) is 0 Å². The van der Waals surface area contributed by atoms with Gasteiger partial charge in [-0.05, 0) is 48.2 Å². The summed E-state index contributed by atoms with van der Waals surface area (Å²) >= 11 is 0. The van der Waals surface area contributed by atoms with Crippen molar-refractivity contribution in [3.05, 3.63) is 47.5 Å². The Balaban J connectivity index is 1.65. The van der Waals surface area contributed by atoms with Gasteiger partial charge in [0.25, 0.3) is 0 Å². The highest BCUT2D eigenvalue weighted by Crippen LogP contribution is 2.26. The molecule has 114 valence electrons. The van der Waals surface area contributed by atoms with Gasteiger partial charge < -0.3 is 20.4 Å². The highest BCUT2D eigenvalue weighted by molar-refractivity contribution is 7.00. The molecule has 0 heterocycles. The van der Waals surface area contributed by atoms with Gasteiger partial charge in [0.1, 0.15) is 0 Å². The molecule has 2 rings (SSSR count). The van der Waals surface area contributed by atoms with Crippen LogP contribution in [0.25, 0.3) is 0 Å². The number of phenolic OH excluding ortho intramolecular Hbond substituents is 4. The summed E-state index contributed by atoms with van der Waals surface area (Å²) in [7, 11) is 2.18. The third kappa shape index (κ3) is 4.65. The number of phenols is 4. The van der Waals surface area contributed by atoms with E-state index in [0.29, 0.717) is 0 Å². The number of hydrogen-bond donors (Lipinski definition) is 4. The Kier molecular flexibility index (Phi) is 5.64. The lowest BCUT2D eigenvalue weighted by Crippen LogP contribution is -2.05. The summed E-state index contributed by atoms with van der Waals surface area (Å²) in [6.45, 7) is 0. The summed E-state index contributed by atoms with van der Waals surface area (Å²) in [5.41, 5.74) is 2.05. The Bertz CT molecular complexity index is 576. The largest absolute Gasteiger partial charge is 0.504 e. The van der Waals surface area contributed by atoms with Crippen molar-refractivity contribution in [2.75, 3.05) is 0 Å². The zero-order valence-corrected chi connectivity index (χ0v) is 12.5. The second kappa shape index (κ2) is 7.69. The summed E-state index contributed by atoms with van der Waals surface area (Å²) in [5, 5.41) is 37.3. The van der Waals surface area contributed by atoms with E-state index in [1.165, 1.54) is 12.1 Å². The van der Waals surface area contributed by atoms with Gasteiger partial charge in [-0.25, -0.2) is 0 Å². The summed E-state index contributed by atoms with van der Waals surface area (Å²) in [6, 6.07) is 9.90. The highest BCUT2D eigenvalue weighted by Gasteiger charge is 2.03. The van der Waals surface area contributed by atoms with Crippen LogP contribution in [-0.4, -0.2) is 34.8 Å². The maximum absolute atomic E-state index is 9.42. The van der Waals surface area contributed by atoms with Gasteiger partial charge >= 0.3 is 0 Å². The molecule has 0 atom stereocenters. The monoisotopic (exact) mass is 298 g/mol. The molecule has 0 spiro atoms. The number of benzene rings is 2. The Morgan fingerprint density at radius 3 is 1.36 bits per heavy atom. The van der Waals surface area contributed by atoms with Gasteiger partial charge in [0.2, 0.25) is 0 Å². The normalized spacial score (nSPS) is 10.4. The standard InChI is InChI=1S/C16H20B2O4/c19-13-3-1-11(9-15(13)21)5-7-17-18-8-6-12-2-4-14(20)16(22)10-12/h1-4,9-10,17-22H,5-8H2. The maximum Gasteiger partial charge on any atom is 0.157 e. The average molecular weight is 298 g/mol. The van der Waals surface area contributed by atoms with Crippen molar-refractivity contribution < 1.29 is 20.4 Å².